The van der Waals surface area contributed by atoms with E-state index in [1.165, 1.54) is 57.8 Å². The number of aliphatic imine (C=N–C) groups is 2. The van der Waals surface area contributed by atoms with Crippen molar-refractivity contribution in [1.29, 1.82) is 0 Å². The van der Waals surface area contributed by atoms with Crippen molar-refractivity contribution in [3.05, 3.63) is 100 Å². The fourth-order valence-electron chi connectivity index (χ4n) is 4.81. The molecule has 1 amide bonds. The molecule has 246 valence electrons. The highest BCUT2D eigenvalue weighted by molar-refractivity contribution is 6.18. The second-order valence-corrected chi connectivity index (χ2v) is 10.4. The van der Waals surface area contributed by atoms with E-state index in [0.29, 0.717) is 25.9 Å². The largest absolute Gasteiger partial charge is 0.491 e. The number of carbonyl (C=O) groups is 1. The minimum absolute atomic E-state index is 0.0986. The van der Waals surface area contributed by atoms with Crippen LogP contribution in [-0.4, -0.2) is 50.4 Å². The summed E-state index contributed by atoms with van der Waals surface area (Å²) in [5, 5.41) is 10.5. The molecule has 2 heterocycles. The first kappa shape index (κ1) is 34.1. The average Bonchev–Trinajstić information content (AvgIpc) is 3.59. The molecule has 0 saturated carbocycles. The number of hydrogen-bond acceptors (Lipinski definition) is 5. The van der Waals surface area contributed by atoms with Crippen LogP contribution in [0.15, 0.2) is 104 Å². The summed E-state index contributed by atoms with van der Waals surface area (Å²) in [5.41, 5.74) is -7.74. The fraction of sp³-hybridized carbons (Fsp3) is 0.333. The standard InChI is InChI=1S/C30H28F8N6O2/c1-5-7-9-43-13-11-41(3)29(43)27(45)39-25-21(35)17(31)15(18(32)22(25)36)16-19(33)23(37)26(24(38)20(16)34)40-28(46)30-42(4)12-14-44(30)10-8-6-2/h11-14H,5-10H2,1-4H3/p+1/b16-15?,29-27+,39-25?,40-26?. The summed E-state index contributed by atoms with van der Waals surface area (Å²) < 4.78 is 124. The van der Waals surface area contributed by atoms with E-state index in [-0.39, 0.29) is 11.6 Å². The number of carbonyl (C=O) groups excluding carboxylic acids is 1. The normalized spacial score (nSPS) is 18.7. The number of allylic oxidation sites excluding steroid dienone is 10. The number of unbranched alkanes of at least 4 members (excludes halogenated alkanes) is 2. The van der Waals surface area contributed by atoms with Crippen LogP contribution in [0.1, 0.15) is 50.1 Å². The highest BCUT2D eigenvalue weighted by Gasteiger charge is 2.42. The van der Waals surface area contributed by atoms with E-state index in [9.17, 15) is 9.90 Å². The van der Waals surface area contributed by atoms with Gasteiger partial charge in [0.1, 0.15) is 23.8 Å². The van der Waals surface area contributed by atoms with Crippen LogP contribution in [0.4, 0.5) is 35.1 Å². The lowest BCUT2D eigenvalue weighted by Gasteiger charge is -2.22. The van der Waals surface area contributed by atoms with Crippen molar-refractivity contribution < 1.29 is 49.6 Å². The van der Waals surface area contributed by atoms with Gasteiger partial charge in [-0.05, 0) is 12.8 Å². The molecule has 46 heavy (non-hydrogen) atoms. The Balaban J connectivity index is 1.81. The highest BCUT2D eigenvalue weighted by Crippen LogP contribution is 2.46. The molecule has 2 aliphatic carbocycles. The smallest absolute Gasteiger partial charge is 0.360 e. The maximum absolute atomic E-state index is 15.2. The maximum Gasteiger partial charge on any atom is 0.360 e. The van der Waals surface area contributed by atoms with Gasteiger partial charge in [-0.3, -0.25) is 4.79 Å². The predicted octanol–water partition coefficient (Wildman–Crippen LogP) is 7.26. The molecule has 4 rings (SSSR count). The average molecular weight is 658 g/mol. The summed E-state index contributed by atoms with van der Waals surface area (Å²) in [5.74, 6) is -21.9. The molecule has 8 nitrogen and oxygen atoms in total. The van der Waals surface area contributed by atoms with Gasteiger partial charge in [-0.1, -0.05) is 26.7 Å². The Morgan fingerprint density at radius 3 is 1.74 bits per heavy atom. The number of rotatable bonds is 8. The summed E-state index contributed by atoms with van der Waals surface area (Å²) in [6.07, 6.45) is 8.59. The van der Waals surface area contributed by atoms with Crippen molar-refractivity contribution in [2.75, 3.05) is 13.6 Å². The van der Waals surface area contributed by atoms with Crippen LogP contribution in [0, 0.1) is 0 Å². The third kappa shape index (κ3) is 6.07. The molecule has 0 fully saturated rings. The molecule has 1 aromatic rings. The maximum atomic E-state index is 15.2. The molecule has 0 unspecified atom stereocenters. The monoisotopic (exact) mass is 657 g/mol. The SMILES string of the molecule is CCCCN1C=CN(C)/C1=C(\O)N=C1C(F)=C(F)C(=C2C(F)=C(F)C(=NC(=O)c3n(CCCC)cc[n+]3C)C(F)=C2F)C(F)=C1F. The first-order chi connectivity index (χ1) is 21.8. The van der Waals surface area contributed by atoms with Crippen molar-refractivity contribution in [3.8, 4) is 0 Å². The second-order valence-electron chi connectivity index (χ2n) is 10.4. The summed E-state index contributed by atoms with van der Waals surface area (Å²) >= 11 is 0. The van der Waals surface area contributed by atoms with Crippen LogP contribution in [-0.2, 0) is 13.6 Å². The van der Waals surface area contributed by atoms with Crippen molar-refractivity contribution in [1.82, 2.24) is 14.4 Å². The number of imidazole rings is 1. The number of aromatic nitrogens is 2. The Morgan fingerprint density at radius 2 is 1.24 bits per heavy atom. The first-order valence-corrected chi connectivity index (χ1v) is 14.1. The van der Waals surface area contributed by atoms with Gasteiger partial charge < -0.3 is 14.9 Å². The molecule has 0 spiro atoms. The van der Waals surface area contributed by atoms with Gasteiger partial charge >= 0.3 is 11.7 Å². The molecule has 0 bridgehead atoms. The Labute approximate surface area is 258 Å². The quantitative estimate of drug-likeness (QED) is 0.181. The third-order valence-corrected chi connectivity index (χ3v) is 7.21. The Morgan fingerprint density at radius 1 is 0.761 bits per heavy atom. The van der Waals surface area contributed by atoms with Gasteiger partial charge in [0.15, 0.2) is 52.4 Å². The van der Waals surface area contributed by atoms with Crippen molar-refractivity contribution in [3.63, 3.8) is 0 Å². The number of aryl methyl sites for hydroxylation is 2. The van der Waals surface area contributed by atoms with E-state index >= 15 is 35.1 Å². The van der Waals surface area contributed by atoms with E-state index in [2.05, 4.69) is 9.98 Å². The van der Waals surface area contributed by atoms with E-state index in [1.54, 1.807) is 0 Å². The lowest BCUT2D eigenvalue weighted by molar-refractivity contribution is -0.673. The number of halogens is 8. The van der Waals surface area contributed by atoms with E-state index < -0.39 is 81.0 Å². The zero-order chi connectivity index (χ0) is 34.0. The summed E-state index contributed by atoms with van der Waals surface area (Å²) in [7, 11) is 2.86. The summed E-state index contributed by atoms with van der Waals surface area (Å²) in [6, 6.07) is 0. The van der Waals surface area contributed by atoms with Crippen molar-refractivity contribution in [2.24, 2.45) is 17.0 Å². The molecular weight excluding hydrogens is 628 g/mol. The molecule has 0 atom stereocenters. The van der Waals surface area contributed by atoms with E-state index in [1.807, 2.05) is 13.8 Å². The fourth-order valence-corrected chi connectivity index (χ4v) is 4.81. The Bertz CT molecular complexity index is 1700. The topological polar surface area (TPSA) is 77.3 Å². The third-order valence-electron chi connectivity index (χ3n) is 7.21. The summed E-state index contributed by atoms with van der Waals surface area (Å²) in [6.45, 7) is 4.40. The van der Waals surface area contributed by atoms with Crippen LogP contribution in [0.3, 0.4) is 0 Å². The van der Waals surface area contributed by atoms with Gasteiger partial charge in [-0.25, -0.2) is 49.2 Å². The molecule has 16 heteroatoms. The predicted molar refractivity (Wildman–Crippen MR) is 152 cm³/mol. The van der Waals surface area contributed by atoms with Gasteiger partial charge in [0, 0.05) is 26.0 Å². The second kappa shape index (κ2) is 13.7. The zero-order valence-corrected chi connectivity index (χ0v) is 25.1. The first-order valence-electron chi connectivity index (χ1n) is 14.1. The lowest BCUT2D eigenvalue weighted by atomic mass is 9.93. The van der Waals surface area contributed by atoms with Crippen LogP contribution in [0.5, 0.6) is 0 Å². The van der Waals surface area contributed by atoms with Crippen LogP contribution < -0.4 is 4.57 Å². The van der Waals surface area contributed by atoms with Gasteiger partial charge in [0.05, 0.1) is 24.7 Å². The van der Waals surface area contributed by atoms with E-state index in [4.69, 9.17) is 0 Å². The zero-order valence-electron chi connectivity index (χ0n) is 25.1. The van der Waals surface area contributed by atoms with Crippen molar-refractivity contribution >= 4 is 17.3 Å². The van der Waals surface area contributed by atoms with Crippen molar-refractivity contribution in [2.45, 2.75) is 46.1 Å². The Kier molecular flexibility index (Phi) is 10.2. The number of aliphatic hydroxyl groups is 1. The van der Waals surface area contributed by atoms with E-state index in [0.717, 1.165) is 12.8 Å². The molecule has 0 aromatic carbocycles. The number of amides is 1. The number of aliphatic hydroxyl groups excluding tert-OH is 1. The van der Waals surface area contributed by atoms with Gasteiger partial charge in [-0.15, -0.1) is 0 Å². The number of hydrogen-bond donors (Lipinski definition) is 1. The number of nitrogens with zero attached hydrogens (tertiary/aromatic N) is 6. The molecule has 1 aromatic heterocycles. The minimum Gasteiger partial charge on any atom is -0.491 e. The molecule has 0 saturated heterocycles. The summed E-state index contributed by atoms with van der Waals surface area (Å²) in [4.78, 5) is 22.0. The van der Waals surface area contributed by atoms with Crippen LogP contribution in [0.25, 0.3) is 0 Å². The molecule has 1 aliphatic heterocycles. The molecule has 0 radical (unpaired) electrons. The van der Waals surface area contributed by atoms with Crippen LogP contribution >= 0.6 is 0 Å². The van der Waals surface area contributed by atoms with Gasteiger partial charge in [0.2, 0.25) is 0 Å². The molecule has 3 aliphatic rings. The lowest BCUT2D eigenvalue weighted by Crippen LogP contribution is -2.35. The van der Waals surface area contributed by atoms with Gasteiger partial charge in [-0.2, -0.15) is 4.99 Å². The van der Waals surface area contributed by atoms with Crippen LogP contribution in [0.2, 0.25) is 0 Å². The Hall–Kier alpha value is -4.76. The molecular formula is C30H29F8N6O2+. The van der Waals surface area contributed by atoms with Gasteiger partial charge in [0.25, 0.3) is 5.88 Å². The highest BCUT2D eigenvalue weighted by atomic mass is 19.2. The minimum atomic E-state index is -2.48. The molecule has 1 N–H and O–H groups in total.